The molecular weight excluding hydrogens is 334 g/mol. The van der Waals surface area contributed by atoms with Crippen molar-refractivity contribution >= 4 is 17.9 Å². The van der Waals surface area contributed by atoms with E-state index in [0.29, 0.717) is 28.4 Å². The van der Waals surface area contributed by atoms with Crippen molar-refractivity contribution in [1.29, 1.82) is 0 Å². The zero-order valence-corrected chi connectivity index (χ0v) is 15.0. The first-order valence-electron chi connectivity index (χ1n) is 7.96. The van der Waals surface area contributed by atoms with Crippen molar-refractivity contribution in [3.05, 3.63) is 58.8 Å². The average Bonchev–Trinajstić information content (AvgIpc) is 3.02. The zero-order chi connectivity index (χ0) is 18.7. The smallest absolute Gasteiger partial charge is 0.363 e. The van der Waals surface area contributed by atoms with Gasteiger partial charge in [-0.2, -0.15) is 0 Å². The van der Waals surface area contributed by atoms with Crippen LogP contribution in [0.2, 0.25) is 0 Å². The first-order chi connectivity index (χ1) is 12.6. The summed E-state index contributed by atoms with van der Waals surface area (Å²) in [7, 11) is 4.70. The Morgan fingerprint density at radius 2 is 1.85 bits per heavy atom. The van der Waals surface area contributed by atoms with E-state index in [1.807, 2.05) is 19.1 Å². The van der Waals surface area contributed by atoms with Gasteiger partial charge in [0, 0.05) is 11.6 Å². The molecule has 2 aromatic carbocycles. The highest BCUT2D eigenvalue weighted by Gasteiger charge is 2.27. The molecule has 1 heterocycles. The number of methoxy groups -OCH3 is 3. The number of esters is 1. The van der Waals surface area contributed by atoms with Gasteiger partial charge in [-0.15, -0.1) is 0 Å². The first-order valence-corrected chi connectivity index (χ1v) is 7.96. The van der Waals surface area contributed by atoms with Crippen LogP contribution in [0, 0.1) is 6.92 Å². The van der Waals surface area contributed by atoms with Crippen LogP contribution in [0.5, 0.6) is 17.2 Å². The molecule has 26 heavy (non-hydrogen) atoms. The van der Waals surface area contributed by atoms with Gasteiger partial charge in [0.25, 0.3) is 0 Å². The Hall–Kier alpha value is -3.28. The summed E-state index contributed by atoms with van der Waals surface area (Å²) in [6.07, 6.45) is 1.62. The number of carbonyl (C=O) groups is 1. The summed E-state index contributed by atoms with van der Waals surface area (Å²) in [6, 6.07) is 10.9. The molecule has 0 bridgehead atoms. The van der Waals surface area contributed by atoms with Gasteiger partial charge >= 0.3 is 5.97 Å². The topological polar surface area (TPSA) is 66.3 Å². The second-order valence-corrected chi connectivity index (χ2v) is 5.60. The Labute approximate surface area is 151 Å². The zero-order valence-electron chi connectivity index (χ0n) is 15.0. The van der Waals surface area contributed by atoms with E-state index < -0.39 is 5.97 Å². The van der Waals surface area contributed by atoms with Gasteiger partial charge in [-0.3, -0.25) is 0 Å². The number of nitrogens with zero attached hydrogens (tertiary/aromatic N) is 1. The molecule has 0 N–H and O–H groups in total. The molecule has 0 unspecified atom stereocenters. The Morgan fingerprint density at radius 1 is 1.04 bits per heavy atom. The Balaban J connectivity index is 2.01. The number of ether oxygens (including phenoxy) is 4. The fourth-order valence-corrected chi connectivity index (χ4v) is 2.70. The molecule has 0 fully saturated rings. The number of hydrogen-bond acceptors (Lipinski definition) is 6. The van der Waals surface area contributed by atoms with Crippen molar-refractivity contribution in [3.8, 4) is 17.2 Å². The summed E-state index contributed by atoms with van der Waals surface area (Å²) >= 11 is 0. The Morgan fingerprint density at radius 3 is 2.54 bits per heavy atom. The summed E-state index contributed by atoms with van der Waals surface area (Å²) in [5.41, 5.74) is 2.44. The molecule has 6 heteroatoms. The lowest BCUT2D eigenvalue weighted by molar-refractivity contribution is -0.129. The van der Waals surface area contributed by atoms with Crippen molar-refractivity contribution in [2.45, 2.75) is 6.92 Å². The molecule has 6 nitrogen and oxygen atoms in total. The predicted octanol–water partition coefficient (Wildman–Crippen LogP) is 3.37. The molecule has 0 aromatic heterocycles. The highest BCUT2D eigenvalue weighted by molar-refractivity contribution is 6.14. The van der Waals surface area contributed by atoms with Gasteiger partial charge in [-0.25, -0.2) is 9.79 Å². The average molecular weight is 353 g/mol. The predicted molar refractivity (Wildman–Crippen MR) is 97.9 cm³/mol. The molecule has 0 saturated carbocycles. The third-order valence-corrected chi connectivity index (χ3v) is 4.00. The lowest BCUT2D eigenvalue weighted by atomic mass is 10.1. The van der Waals surface area contributed by atoms with E-state index in [1.54, 1.807) is 51.7 Å². The van der Waals surface area contributed by atoms with Crippen LogP contribution in [0.3, 0.4) is 0 Å². The molecule has 3 rings (SSSR count). The van der Waals surface area contributed by atoms with Crippen LogP contribution in [0.15, 0.2) is 47.1 Å². The number of aliphatic imine (C=N–C) groups is 1. The number of carbonyl (C=O) groups excluding carboxylic acids is 1. The quantitative estimate of drug-likeness (QED) is 0.609. The molecule has 0 atom stereocenters. The maximum absolute atomic E-state index is 12.3. The van der Waals surface area contributed by atoms with Crippen LogP contribution in [-0.2, 0) is 9.53 Å². The largest absolute Gasteiger partial charge is 0.497 e. The minimum absolute atomic E-state index is 0.187. The SMILES string of the molecule is COc1ccc(/C=C2\N=C(c3cccc(C)c3OC)OC2=O)c(OC)c1. The third-order valence-electron chi connectivity index (χ3n) is 4.00. The second kappa shape index (κ2) is 7.31. The minimum Gasteiger partial charge on any atom is -0.497 e. The van der Waals surface area contributed by atoms with Crippen molar-refractivity contribution in [2.75, 3.05) is 21.3 Å². The highest BCUT2D eigenvalue weighted by Crippen LogP contribution is 2.30. The minimum atomic E-state index is -0.526. The Bertz CT molecular complexity index is 914. The fraction of sp³-hybridized carbons (Fsp3) is 0.200. The van der Waals surface area contributed by atoms with E-state index in [1.165, 1.54) is 0 Å². The fourth-order valence-electron chi connectivity index (χ4n) is 2.70. The van der Waals surface area contributed by atoms with Gasteiger partial charge < -0.3 is 18.9 Å². The maximum Gasteiger partial charge on any atom is 0.363 e. The van der Waals surface area contributed by atoms with Crippen LogP contribution in [0.4, 0.5) is 0 Å². The maximum atomic E-state index is 12.3. The summed E-state index contributed by atoms with van der Waals surface area (Å²) < 4.78 is 21.3. The monoisotopic (exact) mass is 353 g/mol. The molecule has 0 amide bonds. The van der Waals surface area contributed by atoms with E-state index in [4.69, 9.17) is 18.9 Å². The number of hydrogen-bond donors (Lipinski definition) is 0. The van der Waals surface area contributed by atoms with Crippen molar-refractivity contribution < 1.29 is 23.7 Å². The molecular formula is C20H19NO5. The van der Waals surface area contributed by atoms with Crippen LogP contribution in [0.1, 0.15) is 16.7 Å². The third kappa shape index (κ3) is 3.26. The summed E-state index contributed by atoms with van der Waals surface area (Å²) in [5, 5.41) is 0. The molecule has 0 radical (unpaired) electrons. The van der Waals surface area contributed by atoms with Gasteiger partial charge in [0.2, 0.25) is 5.90 Å². The number of cyclic esters (lactones) is 1. The highest BCUT2D eigenvalue weighted by atomic mass is 16.6. The van der Waals surface area contributed by atoms with Gasteiger partial charge in [0.1, 0.15) is 17.2 Å². The van der Waals surface area contributed by atoms with E-state index >= 15 is 0 Å². The van der Waals surface area contributed by atoms with Crippen LogP contribution in [0.25, 0.3) is 6.08 Å². The molecule has 134 valence electrons. The van der Waals surface area contributed by atoms with Gasteiger partial charge in [-0.1, -0.05) is 12.1 Å². The number of benzene rings is 2. The molecule has 1 aliphatic rings. The first kappa shape index (κ1) is 17.5. The van der Waals surface area contributed by atoms with Crippen LogP contribution < -0.4 is 14.2 Å². The van der Waals surface area contributed by atoms with Crippen molar-refractivity contribution in [3.63, 3.8) is 0 Å². The lowest BCUT2D eigenvalue weighted by Gasteiger charge is -2.09. The Kier molecular flexibility index (Phi) is 4.93. The van der Waals surface area contributed by atoms with E-state index in [9.17, 15) is 4.79 Å². The molecule has 2 aromatic rings. The van der Waals surface area contributed by atoms with Gasteiger partial charge in [0.15, 0.2) is 5.70 Å². The number of aryl methyl sites for hydroxylation is 1. The molecule has 0 aliphatic carbocycles. The second-order valence-electron chi connectivity index (χ2n) is 5.60. The van der Waals surface area contributed by atoms with Crippen molar-refractivity contribution in [1.82, 2.24) is 0 Å². The normalized spacial score (nSPS) is 14.8. The van der Waals surface area contributed by atoms with Crippen LogP contribution in [-0.4, -0.2) is 33.2 Å². The van der Waals surface area contributed by atoms with E-state index in [0.717, 1.165) is 5.56 Å². The summed E-state index contributed by atoms with van der Waals surface area (Å²) in [5.74, 6) is 1.55. The van der Waals surface area contributed by atoms with Crippen molar-refractivity contribution in [2.24, 2.45) is 4.99 Å². The van der Waals surface area contributed by atoms with E-state index in [-0.39, 0.29) is 11.6 Å². The van der Waals surface area contributed by atoms with E-state index in [2.05, 4.69) is 4.99 Å². The van der Waals surface area contributed by atoms with Gasteiger partial charge in [-0.05, 0) is 36.8 Å². The van der Waals surface area contributed by atoms with Crippen LogP contribution >= 0.6 is 0 Å². The molecule has 0 saturated heterocycles. The standard InChI is InChI=1S/C20H19NO5/c1-12-6-5-7-15(18(12)25-4)19-21-16(20(22)26-19)10-13-8-9-14(23-2)11-17(13)24-3/h5-11H,1-4H3/b16-10-. The molecule has 0 spiro atoms. The lowest BCUT2D eigenvalue weighted by Crippen LogP contribution is -2.07. The van der Waals surface area contributed by atoms with Gasteiger partial charge in [0.05, 0.1) is 26.9 Å². The summed E-state index contributed by atoms with van der Waals surface area (Å²) in [4.78, 5) is 16.6. The summed E-state index contributed by atoms with van der Waals surface area (Å²) in [6.45, 7) is 1.92. The number of para-hydroxylation sites is 1. The molecule has 1 aliphatic heterocycles. The number of rotatable bonds is 5.